The molecular weight excluding hydrogens is 324 g/mol. The van der Waals surface area contributed by atoms with E-state index >= 15 is 0 Å². The van der Waals surface area contributed by atoms with Gasteiger partial charge in [-0.3, -0.25) is 4.79 Å². The Balaban J connectivity index is 3.09. The van der Waals surface area contributed by atoms with Crippen molar-refractivity contribution in [1.29, 1.82) is 0 Å². The van der Waals surface area contributed by atoms with Gasteiger partial charge in [-0.2, -0.15) is 13.2 Å². The zero-order chi connectivity index (χ0) is 13.2. The molecule has 1 rings (SSSR count). The molecule has 0 aliphatic heterocycles. The highest BCUT2D eigenvalue weighted by molar-refractivity contribution is 9.10. The van der Waals surface area contributed by atoms with Crippen molar-refractivity contribution in [1.82, 2.24) is 0 Å². The number of halogens is 5. The SMILES string of the molecule is O=C(/C=C(\O)c1ccc(Cl)cc1Br)C(F)(F)F. The monoisotopic (exact) mass is 328 g/mol. The molecule has 0 amide bonds. The van der Waals surface area contributed by atoms with Crippen molar-refractivity contribution in [2.45, 2.75) is 6.18 Å². The summed E-state index contributed by atoms with van der Waals surface area (Å²) in [6.45, 7) is 0. The molecule has 2 nitrogen and oxygen atoms in total. The molecule has 0 saturated carbocycles. The predicted octanol–water partition coefficient (Wildman–Crippen LogP) is 4.13. The summed E-state index contributed by atoms with van der Waals surface area (Å²) in [5, 5.41) is 9.74. The second-order valence-electron chi connectivity index (χ2n) is 3.02. The summed E-state index contributed by atoms with van der Waals surface area (Å²) in [7, 11) is 0. The van der Waals surface area contributed by atoms with Crippen molar-refractivity contribution in [3.8, 4) is 0 Å². The summed E-state index contributed by atoms with van der Waals surface area (Å²) in [4.78, 5) is 10.6. The van der Waals surface area contributed by atoms with Crippen molar-refractivity contribution in [2.24, 2.45) is 0 Å². The van der Waals surface area contributed by atoms with Crippen LogP contribution in [0.2, 0.25) is 5.02 Å². The van der Waals surface area contributed by atoms with Crippen LogP contribution in [-0.4, -0.2) is 17.1 Å². The second-order valence-corrected chi connectivity index (χ2v) is 4.31. The molecule has 0 atom stereocenters. The fourth-order valence-electron chi connectivity index (χ4n) is 0.981. The van der Waals surface area contributed by atoms with Gasteiger partial charge in [0.1, 0.15) is 5.76 Å². The minimum Gasteiger partial charge on any atom is -0.507 e. The average Bonchev–Trinajstić information content (AvgIpc) is 2.15. The Bertz CT molecular complexity index is 483. The first-order chi connectivity index (χ1) is 7.71. The third-order valence-electron chi connectivity index (χ3n) is 1.75. The van der Waals surface area contributed by atoms with Gasteiger partial charge in [0.05, 0.1) is 0 Å². The molecule has 0 aliphatic rings. The molecule has 0 unspecified atom stereocenters. The molecule has 1 N–H and O–H groups in total. The van der Waals surface area contributed by atoms with Gasteiger partial charge in [-0.25, -0.2) is 0 Å². The highest BCUT2D eigenvalue weighted by atomic mass is 79.9. The van der Waals surface area contributed by atoms with Gasteiger partial charge >= 0.3 is 6.18 Å². The number of hydrogen-bond acceptors (Lipinski definition) is 2. The van der Waals surface area contributed by atoms with Gasteiger partial charge in [0, 0.05) is 21.1 Å². The lowest BCUT2D eigenvalue weighted by atomic mass is 10.1. The molecule has 17 heavy (non-hydrogen) atoms. The maximum Gasteiger partial charge on any atom is 0.454 e. The number of hydrogen-bond donors (Lipinski definition) is 1. The highest BCUT2D eigenvalue weighted by Crippen LogP contribution is 2.27. The minimum absolute atomic E-state index is 0.0481. The molecule has 0 fully saturated rings. The Morgan fingerprint density at radius 2 is 2.00 bits per heavy atom. The molecule has 7 heteroatoms. The van der Waals surface area contributed by atoms with Crippen LogP contribution in [0.15, 0.2) is 28.7 Å². The normalized spacial score (nSPS) is 12.6. The maximum absolute atomic E-state index is 12.0. The van der Waals surface area contributed by atoms with Gasteiger partial charge in [-0.1, -0.05) is 11.6 Å². The number of carbonyl (C=O) groups is 1. The molecule has 0 bridgehead atoms. The number of ketones is 1. The second kappa shape index (κ2) is 5.10. The Morgan fingerprint density at radius 1 is 1.41 bits per heavy atom. The Hall–Kier alpha value is -1.01. The topological polar surface area (TPSA) is 37.3 Å². The van der Waals surface area contributed by atoms with Gasteiger partial charge in [-0.15, -0.1) is 0 Å². The van der Waals surface area contributed by atoms with Crippen molar-refractivity contribution >= 4 is 39.1 Å². The van der Waals surface area contributed by atoms with Crippen LogP contribution in [-0.2, 0) is 4.79 Å². The molecule has 0 aromatic heterocycles. The number of alkyl halides is 3. The summed E-state index contributed by atoms with van der Waals surface area (Å²) in [5.74, 6) is -2.91. The maximum atomic E-state index is 12.0. The Morgan fingerprint density at radius 3 is 2.47 bits per heavy atom. The van der Waals surface area contributed by atoms with E-state index in [0.29, 0.717) is 5.02 Å². The Labute approximate surface area is 108 Å². The summed E-state index contributed by atoms with van der Waals surface area (Å²) in [6, 6.07) is 4.06. The highest BCUT2D eigenvalue weighted by Gasteiger charge is 2.37. The van der Waals surface area contributed by atoms with Crippen LogP contribution in [0, 0.1) is 0 Å². The lowest BCUT2D eigenvalue weighted by Crippen LogP contribution is -2.20. The van der Waals surface area contributed by atoms with Crippen molar-refractivity contribution in [3.63, 3.8) is 0 Å². The van der Waals surface area contributed by atoms with E-state index in [0.717, 1.165) is 0 Å². The van der Waals surface area contributed by atoms with E-state index in [1.807, 2.05) is 0 Å². The largest absolute Gasteiger partial charge is 0.507 e. The third-order valence-corrected chi connectivity index (χ3v) is 2.65. The molecule has 1 aromatic carbocycles. The molecular formula is C10H5BrClF3O2. The molecule has 0 saturated heterocycles. The predicted molar refractivity (Wildman–Crippen MR) is 60.8 cm³/mol. The van der Waals surface area contributed by atoms with E-state index in [1.165, 1.54) is 18.2 Å². The van der Waals surface area contributed by atoms with Crippen LogP contribution in [0.4, 0.5) is 13.2 Å². The quantitative estimate of drug-likeness (QED) is 0.654. The standard InChI is InChI=1S/C10H5BrClF3O2/c11-7-3-5(12)1-2-6(7)8(16)4-9(17)10(13,14)15/h1-4,16H/b8-4-. The molecule has 0 spiro atoms. The smallest absolute Gasteiger partial charge is 0.454 e. The first-order valence-corrected chi connectivity index (χ1v) is 5.36. The summed E-state index contributed by atoms with van der Waals surface area (Å²) >= 11 is 8.63. The van der Waals surface area contributed by atoms with Gasteiger partial charge in [0.25, 0.3) is 5.78 Å². The number of carbonyl (C=O) groups excluding carboxylic acids is 1. The number of allylic oxidation sites excluding steroid dienone is 1. The third kappa shape index (κ3) is 3.74. The lowest BCUT2D eigenvalue weighted by Gasteiger charge is -2.05. The zero-order valence-corrected chi connectivity index (χ0v) is 10.4. The fourth-order valence-corrected chi connectivity index (χ4v) is 1.87. The first kappa shape index (κ1) is 14.1. The molecule has 0 radical (unpaired) electrons. The van der Waals surface area contributed by atoms with Crippen molar-refractivity contribution in [2.75, 3.05) is 0 Å². The van der Waals surface area contributed by atoms with E-state index in [2.05, 4.69) is 15.9 Å². The van der Waals surface area contributed by atoms with Gasteiger partial charge < -0.3 is 5.11 Å². The number of aliphatic hydroxyl groups is 1. The first-order valence-electron chi connectivity index (χ1n) is 4.19. The summed E-state index contributed by atoms with van der Waals surface area (Å²) in [5.41, 5.74) is 0.0481. The van der Waals surface area contributed by atoms with E-state index in [1.54, 1.807) is 0 Å². The summed E-state index contributed by atoms with van der Waals surface area (Å²) < 4.78 is 36.1. The van der Waals surface area contributed by atoms with Crippen LogP contribution in [0.3, 0.4) is 0 Å². The molecule has 1 aromatic rings. The van der Waals surface area contributed by atoms with E-state index in [4.69, 9.17) is 11.6 Å². The van der Waals surface area contributed by atoms with E-state index < -0.39 is 17.7 Å². The van der Waals surface area contributed by atoms with Crippen molar-refractivity contribution in [3.05, 3.63) is 39.3 Å². The molecule has 0 heterocycles. The molecule has 92 valence electrons. The fraction of sp³-hybridized carbons (Fsp3) is 0.100. The molecule has 0 aliphatic carbocycles. The lowest BCUT2D eigenvalue weighted by molar-refractivity contribution is -0.165. The zero-order valence-electron chi connectivity index (χ0n) is 8.05. The van der Waals surface area contributed by atoms with Gasteiger partial charge in [-0.05, 0) is 34.1 Å². The van der Waals surface area contributed by atoms with Crippen LogP contribution < -0.4 is 0 Å². The average molecular weight is 329 g/mol. The Kier molecular flexibility index (Phi) is 4.21. The van der Waals surface area contributed by atoms with Gasteiger partial charge in [0.2, 0.25) is 0 Å². The summed E-state index contributed by atoms with van der Waals surface area (Å²) in [6.07, 6.45) is -4.89. The van der Waals surface area contributed by atoms with Crippen molar-refractivity contribution < 1.29 is 23.1 Å². The minimum atomic E-state index is -5.01. The van der Waals surface area contributed by atoms with E-state index in [9.17, 15) is 23.1 Å². The van der Waals surface area contributed by atoms with Crippen LogP contribution in [0.1, 0.15) is 5.56 Å². The van der Waals surface area contributed by atoms with E-state index in [-0.39, 0.29) is 16.1 Å². The van der Waals surface area contributed by atoms with Gasteiger partial charge in [0.15, 0.2) is 0 Å². The number of benzene rings is 1. The van der Waals surface area contributed by atoms with Crippen LogP contribution >= 0.6 is 27.5 Å². The van der Waals surface area contributed by atoms with Crippen LogP contribution in [0.25, 0.3) is 5.76 Å². The number of rotatable bonds is 2. The number of aliphatic hydroxyl groups excluding tert-OH is 1. The van der Waals surface area contributed by atoms with Crippen LogP contribution in [0.5, 0.6) is 0 Å².